The summed E-state index contributed by atoms with van der Waals surface area (Å²) in [6, 6.07) is 60.4. The lowest BCUT2D eigenvalue weighted by atomic mass is 10.0. The molecule has 0 unspecified atom stereocenters. The minimum atomic E-state index is -0.697. The number of nitrogens with one attached hydrogen (secondary N) is 1. The Kier molecular flexibility index (Phi) is 11.6. The third-order valence-electron chi connectivity index (χ3n) is 9.54. The Hall–Kier alpha value is -6.04. The lowest BCUT2D eigenvalue weighted by molar-refractivity contribution is -0.138. The average molecular weight is 672 g/mol. The van der Waals surface area contributed by atoms with Crippen LogP contribution in [0.15, 0.2) is 182 Å². The van der Waals surface area contributed by atoms with Crippen molar-refractivity contribution in [3.63, 3.8) is 0 Å². The van der Waals surface area contributed by atoms with Crippen LogP contribution in [0.1, 0.15) is 57.1 Å². The summed E-state index contributed by atoms with van der Waals surface area (Å²) in [4.78, 5) is 23.1. The van der Waals surface area contributed by atoms with E-state index < -0.39 is 5.97 Å². The summed E-state index contributed by atoms with van der Waals surface area (Å²) in [5, 5.41) is 18.2. The van der Waals surface area contributed by atoms with Gasteiger partial charge in [0, 0.05) is 23.7 Å². The van der Waals surface area contributed by atoms with Crippen molar-refractivity contribution in [2.75, 3.05) is 0 Å². The van der Waals surface area contributed by atoms with Crippen molar-refractivity contribution in [1.29, 1.82) is 0 Å². The van der Waals surface area contributed by atoms with Crippen LogP contribution < -0.4 is 5.48 Å². The van der Waals surface area contributed by atoms with Crippen LogP contribution in [-0.2, 0) is 9.59 Å². The molecule has 254 valence electrons. The summed E-state index contributed by atoms with van der Waals surface area (Å²) in [7, 11) is 0. The molecule has 8 rings (SSSR count). The third-order valence-corrected chi connectivity index (χ3v) is 9.54. The molecule has 6 aromatic carbocycles. The number of hydroxylamine groups is 1. The Labute approximate surface area is 299 Å². The van der Waals surface area contributed by atoms with Crippen molar-refractivity contribution in [3.8, 4) is 0 Å². The van der Waals surface area contributed by atoms with E-state index in [9.17, 15) is 14.7 Å². The number of benzene rings is 6. The highest BCUT2D eigenvalue weighted by Crippen LogP contribution is 2.61. The minimum Gasteiger partial charge on any atom is -0.481 e. The molecular formula is C46H41NO4. The highest BCUT2D eigenvalue weighted by Gasteiger charge is 2.57. The number of hydrogen-bond acceptors (Lipinski definition) is 3. The van der Waals surface area contributed by atoms with Crippen LogP contribution in [0, 0.1) is 11.8 Å². The first-order valence-corrected chi connectivity index (χ1v) is 17.2. The Bertz CT molecular complexity index is 1850. The predicted octanol–water partition coefficient (Wildman–Crippen LogP) is 9.81. The van der Waals surface area contributed by atoms with Crippen molar-refractivity contribution in [2.24, 2.45) is 11.8 Å². The molecule has 2 aliphatic carbocycles. The summed E-state index contributed by atoms with van der Waals surface area (Å²) >= 11 is 0. The van der Waals surface area contributed by atoms with Crippen LogP contribution >= 0.6 is 0 Å². The van der Waals surface area contributed by atoms with E-state index in [0.717, 1.165) is 22.3 Å². The van der Waals surface area contributed by atoms with Gasteiger partial charge in [0.1, 0.15) is 0 Å². The van der Waals surface area contributed by atoms with E-state index >= 15 is 0 Å². The van der Waals surface area contributed by atoms with E-state index in [1.807, 2.05) is 158 Å². The molecule has 2 fully saturated rings. The molecule has 0 aliphatic heterocycles. The van der Waals surface area contributed by atoms with Gasteiger partial charge in [0.25, 0.3) is 0 Å². The van der Waals surface area contributed by atoms with Crippen LogP contribution in [-0.4, -0.2) is 22.2 Å². The Morgan fingerprint density at radius 1 is 0.412 bits per heavy atom. The van der Waals surface area contributed by atoms with Crippen molar-refractivity contribution in [3.05, 3.63) is 215 Å². The molecular weight excluding hydrogens is 631 g/mol. The fraction of sp³-hybridized carbons (Fsp3) is 0.130. The quantitative estimate of drug-likeness (QED) is 0.0854. The van der Waals surface area contributed by atoms with Gasteiger partial charge in [-0.3, -0.25) is 14.8 Å². The van der Waals surface area contributed by atoms with E-state index in [1.54, 1.807) is 5.48 Å². The zero-order valence-corrected chi connectivity index (χ0v) is 28.2. The fourth-order valence-electron chi connectivity index (χ4n) is 7.01. The molecule has 0 heterocycles. The summed E-state index contributed by atoms with van der Waals surface area (Å²) in [6.07, 6.45) is 4.24. The fourth-order valence-corrected chi connectivity index (χ4v) is 7.01. The van der Waals surface area contributed by atoms with E-state index in [0.29, 0.717) is 0 Å². The second-order valence-electron chi connectivity index (χ2n) is 12.8. The van der Waals surface area contributed by atoms with E-state index in [2.05, 4.69) is 36.4 Å². The van der Waals surface area contributed by atoms with Gasteiger partial charge in [0.05, 0.1) is 11.8 Å². The maximum absolute atomic E-state index is 11.8. The monoisotopic (exact) mass is 671 g/mol. The molecule has 2 aliphatic rings. The van der Waals surface area contributed by atoms with Gasteiger partial charge in [-0.1, -0.05) is 194 Å². The van der Waals surface area contributed by atoms with Gasteiger partial charge in [-0.25, -0.2) is 5.48 Å². The smallest absolute Gasteiger partial charge is 0.307 e. The van der Waals surface area contributed by atoms with Gasteiger partial charge < -0.3 is 5.11 Å². The van der Waals surface area contributed by atoms with Gasteiger partial charge in [-0.2, -0.15) is 0 Å². The van der Waals surface area contributed by atoms with E-state index in [1.165, 1.54) is 11.1 Å². The standard InChI is InChI=1S/C16H15NO2.C16H14O2.C14H12/c18-16(17-19)15-13(11-7-3-1-4-8-11)14(15)12-9-5-2-6-10-12;17-16(18)15-13(11-7-3-1-4-8-11)14(15)12-9-5-2-6-10-12;1-3-7-13(8-4-1)11-12-14-9-5-2-6-10-14/h1-10,13-15,19H,(H,17,18);1-10,13-15H,(H,17,18);1-12H/b;;12-11+/t2*13-,14-;/m00./s1. The molecule has 0 spiro atoms. The largest absolute Gasteiger partial charge is 0.481 e. The van der Waals surface area contributed by atoms with Gasteiger partial charge in [-0.15, -0.1) is 0 Å². The van der Waals surface area contributed by atoms with Crippen LogP contribution in [0.4, 0.5) is 0 Å². The van der Waals surface area contributed by atoms with Crippen LogP contribution in [0.2, 0.25) is 0 Å². The lowest BCUT2D eigenvalue weighted by Crippen LogP contribution is -2.21. The molecule has 5 nitrogen and oxygen atoms in total. The van der Waals surface area contributed by atoms with Crippen molar-refractivity contribution in [1.82, 2.24) is 5.48 Å². The first kappa shape index (κ1) is 34.8. The molecule has 0 saturated heterocycles. The summed E-state index contributed by atoms with van der Waals surface area (Å²) in [5.41, 5.74) is 8.79. The Morgan fingerprint density at radius 3 is 0.922 bits per heavy atom. The number of hydrogen-bond donors (Lipinski definition) is 3. The normalized spacial score (nSPS) is 21.2. The summed E-state index contributed by atoms with van der Waals surface area (Å²) < 4.78 is 0. The zero-order chi connectivity index (χ0) is 35.4. The molecule has 51 heavy (non-hydrogen) atoms. The van der Waals surface area contributed by atoms with Crippen LogP contribution in [0.25, 0.3) is 12.2 Å². The zero-order valence-electron chi connectivity index (χ0n) is 28.2. The SMILES string of the molecule is C(=C\c1ccccc1)/c1ccccc1.O=C(NO)C1[C@@H](c2ccccc2)[C@@H]1c1ccccc1.O=C(O)C1[C@@H](c2ccccc2)[C@@H]1c1ccccc1. The first-order chi connectivity index (χ1) is 25.1. The molecule has 6 aromatic rings. The van der Waals surface area contributed by atoms with Crippen molar-refractivity contribution in [2.45, 2.75) is 23.7 Å². The topological polar surface area (TPSA) is 86.6 Å². The average Bonchev–Trinajstić information content (AvgIpc) is 4.13. The van der Waals surface area contributed by atoms with E-state index in [-0.39, 0.29) is 41.4 Å². The molecule has 3 N–H and O–H groups in total. The summed E-state index contributed by atoms with van der Waals surface area (Å²) in [6.45, 7) is 0. The van der Waals surface area contributed by atoms with Crippen molar-refractivity contribution >= 4 is 24.0 Å². The maximum Gasteiger partial charge on any atom is 0.307 e. The van der Waals surface area contributed by atoms with Crippen LogP contribution in [0.3, 0.4) is 0 Å². The number of carboxylic acids is 1. The number of amides is 1. The second-order valence-corrected chi connectivity index (χ2v) is 12.8. The number of rotatable bonds is 8. The molecule has 0 bridgehead atoms. The van der Waals surface area contributed by atoms with Gasteiger partial charge >= 0.3 is 5.97 Å². The molecule has 0 aromatic heterocycles. The van der Waals surface area contributed by atoms with Gasteiger partial charge in [0.2, 0.25) is 5.91 Å². The molecule has 2 saturated carbocycles. The van der Waals surface area contributed by atoms with E-state index in [4.69, 9.17) is 5.21 Å². The minimum absolute atomic E-state index is 0.117. The molecule has 4 atom stereocenters. The molecule has 1 amide bonds. The number of aliphatic carboxylic acids is 1. The highest BCUT2D eigenvalue weighted by molar-refractivity contribution is 5.84. The lowest BCUT2D eigenvalue weighted by Gasteiger charge is -1.99. The predicted molar refractivity (Wildman–Crippen MR) is 203 cm³/mol. The second kappa shape index (κ2) is 17.1. The summed E-state index contributed by atoms with van der Waals surface area (Å²) in [5.74, 6) is -0.936. The first-order valence-electron chi connectivity index (χ1n) is 17.2. The van der Waals surface area contributed by atoms with Crippen LogP contribution in [0.5, 0.6) is 0 Å². The number of carbonyl (C=O) groups excluding carboxylic acids is 1. The third kappa shape index (κ3) is 8.96. The Balaban J connectivity index is 0.000000133. The molecule has 5 heteroatoms. The van der Waals surface area contributed by atoms with Crippen molar-refractivity contribution < 1.29 is 19.9 Å². The van der Waals surface area contributed by atoms with Gasteiger partial charge in [0.15, 0.2) is 0 Å². The number of carboxylic acid groups (broad SMARTS) is 1. The maximum atomic E-state index is 11.8. The highest BCUT2D eigenvalue weighted by atomic mass is 16.5. The number of carbonyl (C=O) groups is 2. The Morgan fingerprint density at radius 2 is 0.667 bits per heavy atom. The van der Waals surface area contributed by atoms with Gasteiger partial charge in [-0.05, 0) is 33.4 Å². The molecule has 0 radical (unpaired) electrons.